The van der Waals surface area contributed by atoms with Crippen LogP contribution in [0.3, 0.4) is 0 Å². The molecule has 6 rings (SSSR count). The number of amides is 2. The number of nitrogens with one attached hydrogen (secondary N) is 2. The summed E-state index contributed by atoms with van der Waals surface area (Å²) in [5.41, 5.74) is -2.89. The molecule has 0 spiro atoms. The van der Waals surface area contributed by atoms with Crippen LogP contribution < -0.4 is 10.0 Å². The topological polar surface area (TPSA) is 97.3 Å². The molecule has 1 saturated carbocycles. The van der Waals surface area contributed by atoms with Crippen LogP contribution in [0.2, 0.25) is 5.02 Å². The van der Waals surface area contributed by atoms with Gasteiger partial charge in [0.15, 0.2) is 0 Å². The Hall–Kier alpha value is -4.00. The van der Waals surface area contributed by atoms with E-state index in [9.17, 15) is 31.2 Å². The molecule has 0 bridgehead atoms. The second kappa shape index (κ2) is 13.2. The Balaban J connectivity index is 1.30. The average molecular weight is 700 g/mol. The van der Waals surface area contributed by atoms with E-state index >= 15 is 0 Å². The lowest BCUT2D eigenvalue weighted by Gasteiger charge is -2.13. The van der Waals surface area contributed by atoms with Gasteiger partial charge in [0.2, 0.25) is 5.91 Å². The number of hydrogen-bond donors (Lipinski definition) is 2. The molecule has 0 aliphatic heterocycles. The van der Waals surface area contributed by atoms with Crippen LogP contribution in [0, 0.1) is 5.92 Å². The molecule has 2 amide bonds. The highest BCUT2D eigenvalue weighted by Crippen LogP contribution is 2.38. The summed E-state index contributed by atoms with van der Waals surface area (Å²) in [6.07, 6.45) is 3.84. The van der Waals surface area contributed by atoms with Crippen LogP contribution in [0.15, 0.2) is 89.8 Å². The van der Waals surface area contributed by atoms with E-state index < -0.39 is 21.4 Å². The Labute approximate surface area is 278 Å². The van der Waals surface area contributed by atoms with Crippen LogP contribution in [0.5, 0.6) is 0 Å². The number of anilines is 1. The van der Waals surface area contributed by atoms with Crippen LogP contribution in [0.1, 0.15) is 47.3 Å². The van der Waals surface area contributed by atoms with Gasteiger partial charge in [-0.15, -0.1) is 11.8 Å². The number of fused-ring (bicyclic) bond motifs is 2. The smallest absolute Gasteiger partial charge is 0.338 e. The third-order valence-corrected chi connectivity index (χ3v) is 10.8. The molecular weight excluding hydrogens is 671 g/mol. The normalized spacial score (nSPS) is 14.1. The summed E-state index contributed by atoms with van der Waals surface area (Å²) in [7, 11) is -5.84. The highest BCUT2D eigenvalue weighted by atomic mass is 35.5. The molecule has 0 saturated heterocycles. The monoisotopic (exact) mass is 699 g/mol. The maximum absolute atomic E-state index is 12.8. The third-order valence-electron chi connectivity index (χ3n) is 8.28. The fourth-order valence-corrected chi connectivity index (χ4v) is 7.65. The second-order valence-electron chi connectivity index (χ2n) is 11.4. The lowest BCUT2D eigenvalue weighted by molar-refractivity contribution is -0.119. The summed E-state index contributed by atoms with van der Waals surface area (Å²) in [4.78, 5) is 26.1. The predicted molar refractivity (Wildman–Crippen MR) is 179 cm³/mol. The minimum Gasteiger partial charge on any atom is -0.338 e. The average Bonchev–Trinajstić information content (AvgIpc) is 3.67. The van der Waals surface area contributed by atoms with E-state index in [4.69, 9.17) is 11.6 Å². The molecule has 1 aromatic heterocycles. The number of rotatable bonds is 9. The Morgan fingerprint density at radius 3 is 2.32 bits per heavy atom. The Kier molecular flexibility index (Phi) is 9.28. The first-order valence-corrected chi connectivity index (χ1v) is 17.7. The lowest BCUT2D eigenvalue weighted by atomic mass is 10.1. The van der Waals surface area contributed by atoms with E-state index in [-0.39, 0.29) is 17.4 Å². The van der Waals surface area contributed by atoms with E-state index in [1.54, 1.807) is 23.9 Å². The molecule has 1 fully saturated rings. The van der Waals surface area contributed by atoms with Crippen LogP contribution in [-0.4, -0.2) is 30.3 Å². The van der Waals surface area contributed by atoms with E-state index in [2.05, 4.69) is 17.4 Å². The van der Waals surface area contributed by atoms with Gasteiger partial charge in [-0.1, -0.05) is 66.9 Å². The third kappa shape index (κ3) is 7.14. The van der Waals surface area contributed by atoms with Crippen molar-refractivity contribution >= 4 is 72.6 Å². The number of thioether (sulfide) groups is 1. The van der Waals surface area contributed by atoms with Crippen molar-refractivity contribution in [2.24, 2.45) is 5.92 Å². The van der Waals surface area contributed by atoms with Crippen LogP contribution in [-0.2, 0) is 27.1 Å². The number of sulfonamides is 1. The van der Waals surface area contributed by atoms with Gasteiger partial charge in [0, 0.05) is 45.4 Å². The van der Waals surface area contributed by atoms with Crippen LogP contribution in [0.4, 0.5) is 18.9 Å². The van der Waals surface area contributed by atoms with Crippen molar-refractivity contribution in [2.45, 2.75) is 48.4 Å². The van der Waals surface area contributed by atoms with Crippen LogP contribution >= 0.6 is 23.4 Å². The van der Waals surface area contributed by atoms with Crippen molar-refractivity contribution < 1.29 is 31.2 Å². The zero-order chi connectivity index (χ0) is 33.3. The number of aromatic nitrogens is 1. The van der Waals surface area contributed by atoms with Gasteiger partial charge in [0.05, 0.1) is 10.5 Å². The highest BCUT2D eigenvalue weighted by molar-refractivity contribution is 7.98. The molecule has 1 aliphatic rings. The number of carbonyl (C=O) groups is 2. The molecular formula is C34H29ClF3N3O4S2. The molecule has 5 aromatic rings. The Bertz CT molecular complexity index is 2090. The molecule has 1 aliphatic carbocycles. The first-order chi connectivity index (χ1) is 22.4. The van der Waals surface area contributed by atoms with Crippen molar-refractivity contribution in [1.29, 1.82) is 0 Å². The SMILES string of the molecule is O=C(NS(=O)(=O)C(F)(F)F)c1ccc(Cn2c(CSc3ccc4ccccc4c3)c(Cl)c3cc(NC(=O)C4CCCC4)ccc32)cc1. The minimum atomic E-state index is -5.84. The summed E-state index contributed by atoms with van der Waals surface area (Å²) in [5.74, 6) is -0.885. The molecule has 244 valence electrons. The van der Waals surface area contributed by atoms with Gasteiger partial charge in [-0.2, -0.15) is 21.6 Å². The standard InChI is InChI=1S/C34H29ClF3N3O4S2/c35-31-28-18-26(39-32(42)23-6-2-3-7-23)14-16-29(28)41(30(31)20-46-27-15-13-22-5-1-4-8-25(22)17-27)19-21-9-11-24(12-10-21)33(43)40-47(44,45)34(36,37)38/h1,4-5,8-18,23H,2-3,6-7,19-20H2,(H,39,42)(H,40,43). The quantitative estimate of drug-likeness (QED) is 0.150. The molecule has 0 atom stereocenters. The summed E-state index contributed by atoms with van der Waals surface area (Å²) in [6, 6.07) is 25.5. The second-order valence-corrected chi connectivity index (χ2v) is 14.5. The Morgan fingerprint density at radius 1 is 0.915 bits per heavy atom. The van der Waals surface area contributed by atoms with E-state index in [0.717, 1.165) is 62.7 Å². The van der Waals surface area contributed by atoms with Gasteiger partial charge in [-0.25, -0.2) is 4.72 Å². The lowest BCUT2D eigenvalue weighted by Crippen LogP contribution is -2.40. The van der Waals surface area contributed by atoms with Gasteiger partial charge in [-0.3, -0.25) is 9.59 Å². The molecule has 2 N–H and O–H groups in total. The molecule has 47 heavy (non-hydrogen) atoms. The number of nitrogens with zero attached hydrogens (tertiary/aromatic N) is 1. The fraction of sp³-hybridized carbons (Fsp3) is 0.235. The van der Waals surface area contributed by atoms with E-state index in [1.807, 2.05) is 53.1 Å². The van der Waals surface area contributed by atoms with E-state index in [1.165, 1.54) is 12.1 Å². The number of benzene rings is 4. The zero-order valence-electron chi connectivity index (χ0n) is 24.8. The summed E-state index contributed by atoms with van der Waals surface area (Å²) < 4.78 is 64.1. The zero-order valence-corrected chi connectivity index (χ0v) is 27.2. The molecule has 4 aromatic carbocycles. The maximum Gasteiger partial charge on any atom is 0.516 e. The fourth-order valence-electron chi connectivity index (χ4n) is 5.79. The number of hydrogen-bond acceptors (Lipinski definition) is 5. The van der Waals surface area contributed by atoms with Gasteiger partial charge in [0.1, 0.15) is 0 Å². The summed E-state index contributed by atoms with van der Waals surface area (Å²) in [6.45, 7) is 0.299. The van der Waals surface area contributed by atoms with E-state index in [0.29, 0.717) is 28.6 Å². The number of carbonyl (C=O) groups excluding carboxylic acids is 2. The highest BCUT2D eigenvalue weighted by Gasteiger charge is 2.47. The molecule has 0 unspecified atom stereocenters. The van der Waals surface area contributed by atoms with Crippen molar-refractivity contribution in [3.8, 4) is 0 Å². The van der Waals surface area contributed by atoms with Gasteiger partial charge >= 0.3 is 15.5 Å². The van der Waals surface area contributed by atoms with Crippen molar-refractivity contribution in [3.05, 3.63) is 107 Å². The van der Waals surface area contributed by atoms with Gasteiger partial charge in [0.25, 0.3) is 5.91 Å². The molecule has 1 heterocycles. The summed E-state index contributed by atoms with van der Waals surface area (Å²) in [5, 5.41) is 6.55. The van der Waals surface area contributed by atoms with Crippen LogP contribution in [0.25, 0.3) is 21.7 Å². The molecule has 0 radical (unpaired) electrons. The number of alkyl halides is 3. The van der Waals surface area contributed by atoms with Crippen molar-refractivity contribution in [1.82, 2.24) is 9.29 Å². The van der Waals surface area contributed by atoms with Gasteiger partial charge in [-0.05, 0) is 71.6 Å². The minimum absolute atomic E-state index is 0.00157. The largest absolute Gasteiger partial charge is 0.516 e. The Morgan fingerprint density at radius 2 is 1.62 bits per heavy atom. The summed E-state index contributed by atoms with van der Waals surface area (Å²) >= 11 is 8.65. The molecule has 7 nitrogen and oxygen atoms in total. The predicted octanol–water partition coefficient (Wildman–Crippen LogP) is 8.50. The first kappa shape index (κ1) is 32.9. The first-order valence-electron chi connectivity index (χ1n) is 14.8. The van der Waals surface area contributed by atoms with Crippen molar-refractivity contribution in [2.75, 3.05) is 5.32 Å². The number of halogens is 4. The maximum atomic E-state index is 12.8. The van der Waals surface area contributed by atoms with Gasteiger partial charge < -0.3 is 9.88 Å². The van der Waals surface area contributed by atoms with Crippen molar-refractivity contribution in [3.63, 3.8) is 0 Å². The molecule has 13 heteroatoms.